The van der Waals surface area contributed by atoms with Gasteiger partial charge in [0.15, 0.2) is 0 Å². The van der Waals surface area contributed by atoms with E-state index >= 15 is 0 Å². The van der Waals surface area contributed by atoms with Crippen molar-refractivity contribution in [1.82, 2.24) is 5.32 Å². The molecule has 5 N–H and O–H groups in total. The maximum atomic E-state index is 5.96. The van der Waals surface area contributed by atoms with Gasteiger partial charge in [-0.2, -0.15) is 0 Å². The number of piperidine rings is 2. The van der Waals surface area contributed by atoms with E-state index in [-0.39, 0.29) is 0 Å². The standard InChI is InChI=1S/C11H23N3/c1-3-9(2)10(5-12)4-11(9,6-13)8-14-7-10/h14H,3-8,12-13H2,1-2H3. The van der Waals surface area contributed by atoms with Gasteiger partial charge in [-0.15, -0.1) is 0 Å². The van der Waals surface area contributed by atoms with Crippen LogP contribution in [0.3, 0.4) is 0 Å². The molecule has 1 saturated carbocycles. The number of hydrogen-bond acceptors (Lipinski definition) is 3. The zero-order chi connectivity index (χ0) is 10.4. The lowest BCUT2D eigenvalue weighted by Crippen LogP contribution is -2.78. The summed E-state index contributed by atoms with van der Waals surface area (Å²) in [5, 5.41) is 3.50. The monoisotopic (exact) mass is 197 g/mol. The van der Waals surface area contributed by atoms with E-state index in [9.17, 15) is 0 Å². The highest BCUT2D eigenvalue weighted by Crippen LogP contribution is 2.70. The summed E-state index contributed by atoms with van der Waals surface area (Å²) < 4.78 is 0. The van der Waals surface area contributed by atoms with Crippen LogP contribution in [0.5, 0.6) is 0 Å². The fourth-order valence-electron chi connectivity index (χ4n) is 4.04. The van der Waals surface area contributed by atoms with Gasteiger partial charge in [0.05, 0.1) is 0 Å². The predicted octanol–water partition coefficient (Wildman–Crippen LogP) is 0.300. The Labute approximate surface area is 86.6 Å². The minimum absolute atomic E-state index is 0.319. The maximum Gasteiger partial charge on any atom is 0.00258 e. The van der Waals surface area contributed by atoms with Crippen LogP contribution in [0.15, 0.2) is 0 Å². The number of fused-ring (bicyclic) bond motifs is 2. The zero-order valence-electron chi connectivity index (χ0n) is 9.40. The Balaban J connectivity index is 2.33. The van der Waals surface area contributed by atoms with Crippen LogP contribution in [0.4, 0.5) is 0 Å². The van der Waals surface area contributed by atoms with E-state index in [0.29, 0.717) is 16.2 Å². The molecule has 3 fully saturated rings. The van der Waals surface area contributed by atoms with E-state index < -0.39 is 0 Å². The fourth-order valence-corrected chi connectivity index (χ4v) is 4.04. The van der Waals surface area contributed by atoms with Crippen LogP contribution in [0.25, 0.3) is 0 Å². The molecule has 0 aromatic heterocycles. The van der Waals surface area contributed by atoms with Crippen LogP contribution < -0.4 is 16.8 Å². The minimum Gasteiger partial charge on any atom is -0.330 e. The van der Waals surface area contributed by atoms with E-state index in [4.69, 9.17) is 11.5 Å². The van der Waals surface area contributed by atoms with Crippen LogP contribution in [0, 0.1) is 16.2 Å². The summed E-state index contributed by atoms with van der Waals surface area (Å²) in [4.78, 5) is 0. The van der Waals surface area contributed by atoms with Gasteiger partial charge in [-0.1, -0.05) is 13.8 Å². The first-order chi connectivity index (χ1) is 6.60. The Morgan fingerprint density at radius 1 is 1.14 bits per heavy atom. The first-order valence-electron chi connectivity index (χ1n) is 5.71. The van der Waals surface area contributed by atoms with E-state index in [1.54, 1.807) is 0 Å². The van der Waals surface area contributed by atoms with Crippen LogP contribution in [0.1, 0.15) is 26.7 Å². The number of nitrogens with two attached hydrogens (primary N) is 2. The molecule has 1 aliphatic carbocycles. The number of hydrogen-bond donors (Lipinski definition) is 3. The van der Waals surface area contributed by atoms with Crippen molar-refractivity contribution in [3.8, 4) is 0 Å². The number of nitrogens with one attached hydrogen (secondary N) is 1. The normalized spacial score (nSPS) is 51.4. The summed E-state index contributed by atoms with van der Waals surface area (Å²) >= 11 is 0. The first kappa shape index (κ1) is 10.4. The average molecular weight is 197 g/mol. The molecule has 3 rings (SSSR count). The Bertz CT molecular complexity index is 223. The van der Waals surface area contributed by atoms with Crippen molar-refractivity contribution in [3.05, 3.63) is 0 Å². The Hall–Kier alpha value is -0.120. The van der Waals surface area contributed by atoms with Crippen molar-refractivity contribution < 1.29 is 0 Å². The molecule has 0 aromatic carbocycles. The molecule has 2 saturated heterocycles. The third kappa shape index (κ3) is 0.841. The number of rotatable bonds is 3. The molecular weight excluding hydrogens is 174 g/mol. The second kappa shape index (κ2) is 2.94. The third-order valence-corrected chi connectivity index (χ3v) is 5.43. The molecule has 0 radical (unpaired) electrons. The Morgan fingerprint density at radius 2 is 1.64 bits per heavy atom. The molecule has 0 amide bonds. The third-order valence-electron chi connectivity index (χ3n) is 5.43. The topological polar surface area (TPSA) is 64.1 Å². The molecule has 3 heteroatoms. The second-order valence-corrected chi connectivity index (χ2v) is 5.43. The summed E-state index contributed by atoms with van der Waals surface area (Å²) in [6.07, 6.45) is 2.42. The van der Waals surface area contributed by atoms with E-state index in [1.165, 1.54) is 12.8 Å². The highest BCUT2D eigenvalue weighted by Gasteiger charge is 2.70. The zero-order valence-corrected chi connectivity index (χ0v) is 9.40. The Morgan fingerprint density at radius 3 is 2.00 bits per heavy atom. The van der Waals surface area contributed by atoms with Crippen molar-refractivity contribution in [2.45, 2.75) is 26.7 Å². The molecule has 2 atom stereocenters. The van der Waals surface area contributed by atoms with E-state index in [1.807, 2.05) is 0 Å². The molecule has 0 spiro atoms. The first-order valence-corrected chi connectivity index (χ1v) is 5.71. The maximum absolute atomic E-state index is 5.96. The van der Waals surface area contributed by atoms with Crippen LogP contribution in [0.2, 0.25) is 0 Å². The molecule has 0 aromatic rings. The molecule has 2 aliphatic heterocycles. The van der Waals surface area contributed by atoms with Crippen molar-refractivity contribution >= 4 is 0 Å². The van der Waals surface area contributed by atoms with Crippen LogP contribution in [-0.2, 0) is 0 Å². The van der Waals surface area contributed by atoms with E-state index in [0.717, 1.165) is 26.2 Å². The summed E-state index contributed by atoms with van der Waals surface area (Å²) in [7, 11) is 0. The van der Waals surface area contributed by atoms with Gasteiger partial charge in [0.2, 0.25) is 0 Å². The molecule has 3 nitrogen and oxygen atoms in total. The smallest absolute Gasteiger partial charge is 0.00258 e. The van der Waals surface area contributed by atoms with Gasteiger partial charge in [-0.3, -0.25) is 0 Å². The molecule has 3 aliphatic rings. The van der Waals surface area contributed by atoms with Crippen molar-refractivity contribution in [2.75, 3.05) is 26.2 Å². The highest BCUT2D eigenvalue weighted by molar-refractivity contribution is 5.22. The Kier molecular flexibility index (Phi) is 2.18. The van der Waals surface area contributed by atoms with Crippen LogP contribution in [-0.4, -0.2) is 26.2 Å². The van der Waals surface area contributed by atoms with Gasteiger partial charge in [0.25, 0.3) is 0 Å². The van der Waals surface area contributed by atoms with Crippen molar-refractivity contribution in [1.29, 1.82) is 0 Å². The molecule has 2 bridgehead atoms. The fraction of sp³-hybridized carbons (Fsp3) is 1.00. The molecule has 2 heterocycles. The minimum atomic E-state index is 0.319. The van der Waals surface area contributed by atoms with Gasteiger partial charge in [0.1, 0.15) is 0 Å². The molecule has 82 valence electrons. The molecule has 2 unspecified atom stereocenters. The van der Waals surface area contributed by atoms with Gasteiger partial charge >= 0.3 is 0 Å². The lowest BCUT2D eigenvalue weighted by Gasteiger charge is -2.74. The van der Waals surface area contributed by atoms with Crippen LogP contribution >= 0.6 is 0 Å². The lowest BCUT2D eigenvalue weighted by atomic mass is 9.34. The quantitative estimate of drug-likeness (QED) is 0.610. The van der Waals surface area contributed by atoms with Gasteiger partial charge in [0, 0.05) is 23.9 Å². The summed E-state index contributed by atoms with van der Waals surface area (Å²) in [5.41, 5.74) is 12.9. The predicted molar refractivity (Wildman–Crippen MR) is 58.9 cm³/mol. The van der Waals surface area contributed by atoms with Gasteiger partial charge in [-0.25, -0.2) is 0 Å². The SMILES string of the molecule is CCC1(C)C2(CN)CNCC1(CN)C2. The average Bonchev–Trinajstić information content (AvgIpc) is 2.27. The second-order valence-electron chi connectivity index (χ2n) is 5.43. The highest BCUT2D eigenvalue weighted by atomic mass is 15.0. The summed E-state index contributed by atoms with van der Waals surface area (Å²) in [6.45, 7) is 8.42. The van der Waals surface area contributed by atoms with Gasteiger partial charge < -0.3 is 16.8 Å². The lowest BCUT2D eigenvalue weighted by molar-refractivity contribution is -0.223. The molecule has 14 heavy (non-hydrogen) atoms. The molecular formula is C11H23N3. The summed E-state index contributed by atoms with van der Waals surface area (Å²) in [5.74, 6) is 0. The van der Waals surface area contributed by atoms with Gasteiger partial charge in [-0.05, 0) is 31.3 Å². The van der Waals surface area contributed by atoms with Crippen molar-refractivity contribution in [3.63, 3.8) is 0 Å². The van der Waals surface area contributed by atoms with Crippen molar-refractivity contribution in [2.24, 2.45) is 27.7 Å². The largest absolute Gasteiger partial charge is 0.330 e. The van der Waals surface area contributed by atoms with E-state index in [2.05, 4.69) is 19.2 Å². The summed E-state index contributed by atoms with van der Waals surface area (Å²) in [6, 6.07) is 0.